The Bertz CT molecular complexity index is 6350. The molecule has 0 amide bonds. The predicted octanol–water partition coefficient (Wildman–Crippen LogP) is 13.5. The average molecular weight is 871 g/mol. The predicted molar refractivity (Wildman–Crippen MR) is 278 cm³/mol. The highest BCUT2D eigenvalue weighted by molar-refractivity contribution is 6.71. The highest BCUT2D eigenvalue weighted by Crippen LogP contribution is 2.97. The molecule has 10 unspecified atom stereocenters. The normalized spacial score (nSPS) is 38.4. The Morgan fingerprint density at radius 3 is 1.23 bits per heavy atom. The zero-order valence-electron chi connectivity index (χ0n) is 38.2. The topological polar surface area (TPSA) is 0 Å². The van der Waals surface area contributed by atoms with Crippen molar-refractivity contribution >= 4 is 173 Å². The number of quaternary nitrogens is 2. The first-order valence-electron chi connectivity index (χ1n) is 27.7. The third kappa shape index (κ3) is 1.38. The SMILES string of the molecule is C[N+]1(C)CC23c4c5c6c7c8c9c%10c%11c%12c%13c%14c%15c%16c%17c%18c%19c%20c%21c(c2c2c4c4c6c9c6c4c4c2c%21c2c%19c(c%18%14)c9c%13c%10c6c9c24)C2=C4c6c(c-%16c9c%10c6C(C5C7=C%10C5(C[N+](C)(C)CC8%115)C9C%15%12)C43C1)C%17C2%20. The monoisotopic (exact) mass is 870 g/mol. The van der Waals surface area contributed by atoms with E-state index in [2.05, 4.69) is 28.2 Å². The summed E-state index contributed by atoms with van der Waals surface area (Å²) < 4.78 is 2.29. The molecule has 2 heteroatoms. The van der Waals surface area contributed by atoms with E-state index >= 15 is 0 Å². The van der Waals surface area contributed by atoms with Gasteiger partial charge in [-0.15, -0.1) is 0 Å². The van der Waals surface area contributed by atoms with Crippen LogP contribution in [-0.2, 0) is 10.8 Å². The summed E-state index contributed by atoms with van der Waals surface area (Å²) >= 11 is 0. The molecule has 16 aliphatic carbocycles. The number of likely N-dealkylation sites (N-methyl/N-ethyl adjacent to an activating group) is 2. The summed E-state index contributed by atoms with van der Waals surface area (Å²) in [7, 11) is 10.9. The Hall–Kier alpha value is -6.58. The van der Waals surface area contributed by atoms with Crippen LogP contribution in [0.5, 0.6) is 0 Å². The lowest BCUT2D eigenvalue weighted by Gasteiger charge is -2.58. The Balaban J connectivity index is 1.13. The fourth-order valence-electron chi connectivity index (χ4n) is 30.6. The van der Waals surface area contributed by atoms with Crippen molar-refractivity contribution in [2.24, 2.45) is 10.8 Å². The summed E-state index contributed by atoms with van der Waals surface area (Å²) in [5, 5.41) is 49.8. The average Bonchev–Trinajstić information content (AvgIpc) is 4.33. The molecule has 10 atom stereocenters. The maximum absolute atomic E-state index is 2.72. The molecule has 2 fully saturated rings. The summed E-state index contributed by atoms with van der Waals surface area (Å²) in [6, 6.07) is 0. The minimum atomic E-state index is -0.0118. The van der Waals surface area contributed by atoms with Crippen LogP contribution in [0.3, 0.4) is 0 Å². The van der Waals surface area contributed by atoms with Crippen LogP contribution < -0.4 is 0 Å². The van der Waals surface area contributed by atoms with E-state index in [4.69, 9.17) is 0 Å². The lowest BCUT2D eigenvalue weighted by molar-refractivity contribution is -0.881. The number of allylic oxidation sites excluding steroid dienone is 2. The van der Waals surface area contributed by atoms with Crippen LogP contribution >= 0.6 is 0 Å². The highest BCUT2D eigenvalue weighted by atomic mass is 15.4. The van der Waals surface area contributed by atoms with Gasteiger partial charge < -0.3 is 8.97 Å². The molecule has 70 heavy (non-hydrogen) atoms. The molecule has 18 aliphatic rings. The third-order valence-corrected chi connectivity index (χ3v) is 29.1. The maximum atomic E-state index is 2.72. The van der Waals surface area contributed by atoms with Gasteiger partial charge in [0.05, 0.1) is 76.0 Å². The number of hydrogen-bond donors (Lipinski definition) is 0. The Labute approximate surface area is 391 Å². The van der Waals surface area contributed by atoms with E-state index in [0.29, 0.717) is 35.5 Å². The molecule has 0 radical (unpaired) electrons. The molecule has 2 heterocycles. The van der Waals surface area contributed by atoms with Crippen molar-refractivity contribution in [3.63, 3.8) is 0 Å². The van der Waals surface area contributed by atoms with Crippen molar-refractivity contribution < 1.29 is 8.97 Å². The molecule has 0 N–H and O–H groups in total. The van der Waals surface area contributed by atoms with Crippen LogP contribution in [0.4, 0.5) is 0 Å². The summed E-state index contributed by atoms with van der Waals surface area (Å²) in [6.45, 7) is 5.11. The molecule has 16 aromatic rings. The van der Waals surface area contributed by atoms with Crippen LogP contribution in [0.15, 0.2) is 0 Å². The molecule has 2 nitrogen and oxygen atoms in total. The Morgan fingerprint density at radius 2 is 0.643 bits per heavy atom. The van der Waals surface area contributed by atoms with E-state index in [-0.39, 0.29) is 21.7 Å². The molecular formula is C68H26N2+2. The maximum Gasteiger partial charge on any atom is 0.0934 e. The minimum Gasteiger partial charge on any atom is -0.327 e. The molecule has 0 aromatic heterocycles. The number of hydrogen-bond acceptors (Lipinski definition) is 0. The van der Waals surface area contributed by atoms with Gasteiger partial charge in [-0.1, -0.05) is 0 Å². The van der Waals surface area contributed by atoms with Gasteiger partial charge in [0.25, 0.3) is 0 Å². The lowest BCUT2D eigenvalue weighted by Crippen LogP contribution is -2.56. The molecule has 0 bridgehead atoms. The summed E-state index contributed by atoms with van der Waals surface area (Å²) in [5.41, 5.74) is 42.3. The van der Waals surface area contributed by atoms with E-state index in [1.54, 1.807) is 124 Å². The van der Waals surface area contributed by atoms with Crippen LogP contribution in [0.1, 0.15) is 125 Å². The van der Waals surface area contributed by atoms with Crippen molar-refractivity contribution in [2.45, 2.75) is 46.3 Å². The highest BCUT2D eigenvalue weighted by Gasteiger charge is 2.88. The van der Waals surface area contributed by atoms with Crippen molar-refractivity contribution in [3.05, 3.63) is 89.0 Å². The zero-order chi connectivity index (χ0) is 42.2. The third-order valence-electron chi connectivity index (χ3n) is 29.1. The van der Waals surface area contributed by atoms with Gasteiger partial charge >= 0.3 is 0 Å². The van der Waals surface area contributed by atoms with E-state index < -0.39 is 0 Å². The van der Waals surface area contributed by atoms with Crippen molar-refractivity contribution in [2.75, 3.05) is 54.4 Å². The molecule has 4 spiro atoms. The molecular weight excluding hydrogens is 845 g/mol. The number of nitrogens with zero attached hydrogens (tertiary/aromatic N) is 2. The van der Waals surface area contributed by atoms with Gasteiger partial charge in [-0.05, 0) is 273 Å². The molecule has 0 saturated carbocycles. The second-order valence-electron chi connectivity index (χ2n) is 30.3. The van der Waals surface area contributed by atoms with E-state index in [1.807, 2.05) is 149 Å². The standard InChI is InChI=1S/C68H26N2/c1-69(2)5-65-57-41-30-19-12-13-17-10-9-14-11-15(10)26-35-24(17)31-20(13)22-21(19)32-29-33(22)44-42(31)58-46(35)48-37(26)28-18(11)27-36-25(14)34(23(30)16(9)12)45(57)47(36)59-49-38(27)39(28)50-54-53(49)63(67(59,65)7-69)55-51(61(65)43(32)41)40(29)52-56(55)64(54)68(60(48)50)8-70(3,4)6-66(58,68)62(44)52/h27,36,48,55,60,63H,5-8H2,1-4H3/q+2. The van der Waals surface area contributed by atoms with Crippen LogP contribution in [0.25, 0.3) is 184 Å². The van der Waals surface area contributed by atoms with Gasteiger partial charge in [-0.2, -0.15) is 0 Å². The van der Waals surface area contributed by atoms with E-state index in [1.165, 1.54) is 26.2 Å². The summed E-state index contributed by atoms with van der Waals surface area (Å²) in [5.74, 6) is 2.94. The zero-order valence-corrected chi connectivity index (χ0v) is 38.2. The largest absolute Gasteiger partial charge is 0.327 e. The Kier molecular flexibility index (Phi) is 2.25. The summed E-state index contributed by atoms with van der Waals surface area (Å²) in [6.07, 6.45) is 0. The first kappa shape index (κ1) is 27.1. The second-order valence-corrected chi connectivity index (χ2v) is 30.3. The van der Waals surface area contributed by atoms with Gasteiger partial charge in [-0.25, -0.2) is 0 Å². The molecule has 16 aromatic carbocycles. The minimum absolute atomic E-state index is 0.0118. The van der Waals surface area contributed by atoms with Crippen molar-refractivity contribution in [1.82, 2.24) is 0 Å². The first-order chi connectivity index (χ1) is 34.3. The molecule has 306 valence electrons. The first-order valence-corrected chi connectivity index (χ1v) is 27.7. The number of benzene rings is 12. The summed E-state index contributed by atoms with van der Waals surface area (Å²) in [4.78, 5) is 0. The van der Waals surface area contributed by atoms with Gasteiger partial charge in [0.1, 0.15) is 0 Å². The fourth-order valence-corrected chi connectivity index (χ4v) is 30.6. The van der Waals surface area contributed by atoms with Crippen LogP contribution in [0, 0.1) is 10.8 Å². The molecule has 34 rings (SSSR count). The van der Waals surface area contributed by atoms with Gasteiger partial charge in [0, 0.05) is 35.5 Å². The van der Waals surface area contributed by atoms with E-state index in [0.717, 1.165) is 8.97 Å². The molecule has 2 aliphatic heterocycles. The quantitative estimate of drug-likeness (QED) is 0.105. The van der Waals surface area contributed by atoms with Gasteiger partial charge in [-0.3, -0.25) is 0 Å². The van der Waals surface area contributed by atoms with Gasteiger partial charge in [0.2, 0.25) is 0 Å². The number of rotatable bonds is 0. The smallest absolute Gasteiger partial charge is 0.0934 e. The fraction of sp³-hybridized carbons (Fsp3) is 0.265. The van der Waals surface area contributed by atoms with E-state index in [9.17, 15) is 0 Å². The van der Waals surface area contributed by atoms with Gasteiger partial charge in [0.15, 0.2) is 0 Å². The molecule has 2 saturated heterocycles. The number of likely N-dealkylation sites (tertiary alicyclic amines) is 2. The van der Waals surface area contributed by atoms with Crippen molar-refractivity contribution in [3.8, 4) is 11.1 Å². The van der Waals surface area contributed by atoms with Crippen LogP contribution in [-0.4, -0.2) is 63.3 Å². The van der Waals surface area contributed by atoms with Crippen LogP contribution in [0.2, 0.25) is 0 Å². The Morgan fingerprint density at radius 1 is 0.271 bits per heavy atom. The van der Waals surface area contributed by atoms with Crippen molar-refractivity contribution in [1.29, 1.82) is 0 Å². The second kappa shape index (κ2) is 5.80. The lowest BCUT2D eigenvalue weighted by atomic mass is 9.41.